The first-order chi connectivity index (χ1) is 10.1. The van der Waals surface area contributed by atoms with Crippen molar-refractivity contribution in [3.8, 4) is 0 Å². The lowest BCUT2D eigenvalue weighted by Crippen LogP contribution is -2.19. The Bertz CT molecular complexity index is 790. The van der Waals surface area contributed by atoms with Gasteiger partial charge in [-0.05, 0) is 13.8 Å². The average molecular weight is 281 g/mol. The van der Waals surface area contributed by atoms with Crippen LogP contribution in [0.2, 0.25) is 0 Å². The Morgan fingerprint density at radius 3 is 2.43 bits per heavy atom. The molecular formula is C16H19N5. The molecule has 0 fully saturated rings. The summed E-state index contributed by atoms with van der Waals surface area (Å²) in [7, 11) is 3.98. The van der Waals surface area contributed by atoms with Crippen LogP contribution in [0.1, 0.15) is 17.0 Å². The van der Waals surface area contributed by atoms with Gasteiger partial charge in [-0.25, -0.2) is 0 Å². The van der Waals surface area contributed by atoms with Crippen molar-refractivity contribution >= 4 is 16.6 Å². The number of aromatic nitrogens is 4. The molecule has 0 amide bonds. The summed E-state index contributed by atoms with van der Waals surface area (Å²) >= 11 is 0. The molecule has 21 heavy (non-hydrogen) atoms. The van der Waals surface area contributed by atoms with Crippen molar-refractivity contribution in [2.75, 3.05) is 11.9 Å². The molecule has 0 atom stereocenters. The van der Waals surface area contributed by atoms with Gasteiger partial charge in [0, 0.05) is 43.2 Å². The maximum atomic E-state index is 4.39. The van der Waals surface area contributed by atoms with Crippen molar-refractivity contribution < 1.29 is 0 Å². The lowest BCUT2D eigenvalue weighted by molar-refractivity contribution is 0.756. The zero-order valence-corrected chi connectivity index (χ0v) is 12.8. The Morgan fingerprint density at radius 2 is 1.76 bits per heavy atom. The van der Waals surface area contributed by atoms with Crippen LogP contribution in [0, 0.1) is 13.8 Å². The van der Waals surface area contributed by atoms with Crippen LogP contribution < -0.4 is 4.90 Å². The second kappa shape index (κ2) is 5.16. The van der Waals surface area contributed by atoms with Gasteiger partial charge in [0.25, 0.3) is 0 Å². The molecule has 1 aromatic carbocycles. The van der Waals surface area contributed by atoms with E-state index in [1.807, 2.05) is 44.8 Å². The van der Waals surface area contributed by atoms with E-state index in [1.165, 1.54) is 5.56 Å². The predicted octanol–water partition coefficient (Wildman–Crippen LogP) is 2.62. The van der Waals surface area contributed by atoms with Crippen LogP contribution in [0.4, 0.5) is 5.82 Å². The Hall–Kier alpha value is -2.43. The van der Waals surface area contributed by atoms with Gasteiger partial charge in [-0.3, -0.25) is 4.68 Å². The van der Waals surface area contributed by atoms with Crippen LogP contribution in [0.25, 0.3) is 10.8 Å². The van der Waals surface area contributed by atoms with E-state index < -0.39 is 0 Å². The number of fused-ring (bicyclic) bond motifs is 1. The summed E-state index contributed by atoms with van der Waals surface area (Å²) in [4.78, 5) is 2.12. The third kappa shape index (κ3) is 2.46. The summed E-state index contributed by atoms with van der Waals surface area (Å²) < 4.78 is 1.84. The van der Waals surface area contributed by atoms with Crippen LogP contribution in [-0.4, -0.2) is 27.0 Å². The molecule has 0 saturated heterocycles. The summed E-state index contributed by atoms with van der Waals surface area (Å²) in [5.74, 6) is 0.902. The van der Waals surface area contributed by atoms with E-state index in [2.05, 4.69) is 38.5 Å². The highest BCUT2D eigenvalue weighted by atomic mass is 15.3. The molecule has 0 aliphatic rings. The largest absolute Gasteiger partial charge is 0.353 e. The monoisotopic (exact) mass is 281 g/mol. The molecular weight excluding hydrogens is 262 g/mol. The molecule has 3 rings (SSSR count). The fraction of sp³-hybridized carbons (Fsp3) is 0.312. The number of hydrogen-bond donors (Lipinski definition) is 0. The van der Waals surface area contributed by atoms with E-state index in [0.717, 1.165) is 34.5 Å². The third-order valence-corrected chi connectivity index (χ3v) is 3.74. The average Bonchev–Trinajstić information content (AvgIpc) is 2.77. The fourth-order valence-electron chi connectivity index (χ4n) is 2.64. The molecule has 0 bridgehead atoms. The Labute approximate surface area is 124 Å². The van der Waals surface area contributed by atoms with Crippen LogP contribution in [-0.2, 0) is 13.6 Å². The lowest BCUT2D eigenvalue weighted by atomic mass is 10.1. The van der Waals surface area contributed by atoms with Crippen molar-refractivity contribution in [1.29, 1.82) is 0 Å². The van der Waals surface area contributed by atoms with Gasteiger partial charge in [0.15, 0.2) is 5.82 Å². The summed E-state index contributed by atoms with van der Waals surface area (Å²) in [5.41, 5.74) is 3.21. The first-order valence-corrected chi connectivity index (χ1v) is 6.98. The van der Waals surface area contributed by atoms with Crippen LogP contribution in [0.15, 0.2) is 30.5 Å². The fourth-order valence-corrected chi connectivity index (χ4v) is 2.64. The van der Waals surface area contributed by atoms with Crippen molar-refractivity contribution in [3.63, 3.8) is 0 Å². The number of aryl methyl sites for hydroxylation is 3. The SMILES string of the molecule is Cc1nn(C)cc1CN(C)c1nnc(C)c2ccccc12. The molecule has 0 unspecified atom stereocenters. The predicted molar refractivity (Wildman–Crippen MR) is 84.3 cm³/mol. The summed E-state index contributed by atoms with van der Waals surface area (Å²) in [6.07, 6.45) is 2.05. The molecule has 5 nitrogen and oxygen atoms in total. The van der Waals surface area contributed by atoms with E-state index in [0.29, 0.717) is 0 Å². The van der Waals surface area contributed by atoms with Crippen molar-refractivity contribution in [2.45, 2.75) is 20.4 Å². The first kappa shape index (κ1) is 13.5. The van der Waals surface area contributed by atoms with Crippen molar-refractivity contribution in [3.05, 3.63) is 47.4 Å². The first-order valence-electron chi connectivity index (χ1n) is 6.98. The molecule has 0 aliphatic carbocycles. The van der Waals surface area contributed by atoms with Gasteiger partial charge in [-0.2, -0.15) is 10.2 Å². The van der Waals surface area contributed by atoms with Gasteiger partial charge in [-0.15, -0.1) is 5.10 Å². The minimum absolute atomic E-state index is 0.765. The van der Waals surface area contributed by atoms with Gasteiger partial charge >= 0.3 is 0 Å². The molecule has 2 heterocycles. The van der Waals surface area contributed by atoms with E-state index in [4.69, 9.17) is 0 Å². The van der Waals surface area contributed by atoms with Gasteiger partial charge in [-0.1, -0.05) is 24.3 Å². The molecule has 0 N–H and O–H groups in total. The molecule has 0 radical (unpaired) electrons. The number of nitrogens with zero attached hydrogens (tertiary/aromatic N) is 5. The van der Waals surface area contributed by atoms with E-state index in [-0.39, 0.29) is 0 Å². The van der Waals surface area contributed by atoms with Crippen LogP contribution in [0.5, 0.6) is 0 Å². The minimum atomic E-state index is 0.765. The Morgan fingerprint density at radius 1 is 1.05 bits per heavy atom. The number of rotatable bonds is 3. The number of benzene rings is 1. The lowest BCUT2D eigenvalue weighted by Gasteiger charge is -2.19. The standard InChI is InChI=1S/C16H19N5/c1-11-13(10-21(4)19-11)9-20(3)16-15-8-6-5-7-14(15)12(2)17-18-16/h5-8,10H,9H2,1-4H3. The number of anilines is 1. The highest BCUT2D eigenvalue weighted by Crippen LogP contribution is 2.25. The second-order valence-electron chi connectivity index (χ2n) is 5.42. The van der Waals surface area contributed by atoms with Crippen LogP contribution >= 0.6 is 0 Å². The molecule has 3 aromatic rings. The molecule has 2 aromatic heterocycles. The minimum Gasteiger partial charge on any atom is -0.353 e. The smallest absolute Gasteiger partial charge is 0.159 e. The number of hydrogen-bond acceptors (Lipinski definition) is 4. The van der Waals surface area contributed by atoms with E-state index in [1.54, 1.807) is 0 Å². The van der Waals surface area contributed by atoms with E-state index >= 15 is 0 Å². The van der Waals surface area contributed by atoms with Gasteiger partial charge < -0.3 is 4.90 Å². The molecule has 0 saturated carbocycles. The molecule has 108 valence electrons. The summed E-state index contributed by atoms with van der Waals surface area (Å²) in [6.45, 7) is 4.79. The normalized spacial score (nSPS) is 11.0. The topological polar surface area (TPSA) is 46.8 Å². The summed E-state index contributed by atoms with van der Waals surface area (Å²) in [6, 6.07) is 8.26. The molecule has 0 aliphatic heterocycles. The van der Waals surface area contributed by atoms with Gasteiger partial charge in [0.1, 0.15) is 0 Å². The third-order valence-electron chi connectivity index (χ3n) is 3.74. The zero-order chi connectivity index (χ0) is 15.0. The van der Waals surface area contributed by atoms with Crippen molar-refractivity contribution in [1.82, 2.24) is 20.0 Å². The maximum absolute atomic E-state index is 4.39. The molecule has 0 spiro atoms. The highest BCUT2D eigenvalue weighted by Gasteiger charge is 2.13. The zero-order valence-electron chi connectivity index (χ0n) is 12.8. The van der Waals surface area contributed by atoms with Gasteiger partial charge in [0.2, 0.25) is 0 Å². The van der Waals surface area contributed by atoms with E-state index in [9.17, 15) is 0 Å². The van der Waals surface area contributed by atoms with Crippen LogP contribution in [0.3, 0.4) is 0 Å². The second-order valence-corrected chi connectivity index (χ2v) is 5.42. The van der Waals surface area contributed by atoms with Crippen molar-refractivity contribution in [2.24, 2.45) is 7.05 Å². The molecule has 5 heteroatoms. The maximum Gasteiger partial charge on any atom is 0.159 e. The highest BCUT2D eigenvalue weighted by molar-refractivity contribution is 5.93. The Balaban J connectivity index is 2.00. The summed E-state index contributed by atoms with van der Waals surface area (Å²) in [5, 5.41) is 15.3. The van der Waals surface area contributed by atoms with Gasteiger partial charge in [0.05, 0.1) is 11.4 Å². The Kier molecular flexibility index (Phi) is 3.33. The quantitative estimate of drug-likeness (QED) is 0.740.